The van der Waals surface area contributed by atoms with E-state index in [1.807, 2.05) is 18.9 Å². The summed E-state index contributed by atoms with van der Waals surface area (Å²) < 4.78 is 0. The fraction of sp³-hybridized carbons (Fsp3) is 0.875. The summed E-state index contributed by atoms with van der Waals surface area (Å²) in [6.45, 7) is 4.61. The van der Waals surface area contributed by atoms with Crippen LogP contribution in [0.1, 0.15) is 45.4 Å². The predicted octanol–water partition coefficient (Wildman–Crippen LogP) is 1.56. The van der Waals surface area contributed by atoms with Gasteiger partial charge < -0.3 is 15.5 Å². The van der Waals surface area contributed by atoms with E-state index in [0.717, 1.165) is 51.7 Å². The summed E-state index contributed by atoms with van der Waals surface area (Å²) in [7, 11) is 1.95. The number of carbonyl (C=O) groups excluding carboxylic acids is 2. The van der Waals surface area contributed by atoms with Gasteiger partial charge in [0.2, 0.25) is 11.8 Å². The van der Waals surface area contributed by atoms with Crippen LogP contribution < -0.4 is 10.6 Å². The average molecular weight is 332 g/mol. The molecule has 2 unspecified atom stereocenters. The number of nitrogens with zero attached hydrogens (tertiary/aromatic N) is 1. The molecule has 2 fully saturated rings. The minimum atomic E-state index is -0.0612. The summed E-state index contributed by atoms with van der Waals surface area (Å²) in [5, 5.41) is 6.19. The number of hydrogen-bond donors (Lipinski definition) is 2. The molecule has 0 aromatic rings. The normalized spacial score (nSPS) is 23.2. The zero-order chi connectivity index (χ0) is 15.2. The molecule has 5 nitrogen and oxygen atoms in total. The van der Waals surface area contributed by atoms with Crippen molar-refractivity contribution >= 4 is 24.2 Å². The first-order chi connectivity index (χ1) is 10.1. The van der Waals surface area contributed by atoms with Crippen molar-refractivity contribution in [3.63, 3.8) is 0 Å². The van der Waals surface area contributed by atoms with E-state index in [1.54, 1.807) is 0 Å². The minimum absolute atomic E-state index is 0. The SMILES string of the molecule is CNCC1CCN(C(=O)CC(C)NC(=O)C2CCCC2)C1.Cl. The molecule has 1 aliphatic heterocycles. The molecule has 1 saturated carbocycles. The van der Waals surface area contributed by atoms with Gasteiger partial charge in [0.1, 0.15) is 0 Å². The number of hydrogen-bond acceptors (Lipinski definition) is 3. The standard InChI is InChI=1S/C16H29N3O2.ClH/c1-12(18-16(21)14-5-3-4-6-14)9-15(20)19-8-7-13(11-19)10-17-2;/h12-14,17H,3-11H2,1-2H3,(H,18,21);1H. The number of nitrogens with one attached hydrogen (secondary N) is 2. The van der Waals surface area contributed by atoms with Crippen molar-refractivity contribution in [1.82, 2.24) is 15.5 Å². The third-order valence-corrected chi connectivity index (χ3v) is 4.73. The Labute approximate surface area is 140 Å². The number of amides is 2. The van der Waals surface area contributed by atoms with E-state index in [-0.39, 0.29) is 36.2 Å². The van der Waals surface area contributed by atoms with Gasteiger partial charge >= 0.3 is 0 Å². The second-order valence-corrected chi connectivity index (χ2v) is 6.65. The molecular formula is C16H30ClN3O2. The topological polar surface area (TPSA) is 61.4 Å². The van der Waals surface area contributed by atoms with Crippen molar-refractivity contribution in [3.8, 4) is 0 Å². The predicted molar refractivity (Wildman–Crippen MR) is 90.0 cm³/mol. The van der Waals surface area contributed by atoms with Crippen LogP contribution in [0, 0.1) is 11.8 Å². The number of carbonyl (C=O) groups is 2. The first-order valence-electron chi connectivity index (χ1n) is 8.33. The van der Waals surface area contributed by atoms with Crippen molar-refractivity contribution in [2.45, 2.75) is 51.5 Å². The third-order valence-electron chi connectivity index (χ3n) is 4.73. The van der Waals surface area contributed by atoms with Gasteiger partial charge in [0.15, 0.2) is 0 Å². The molecule has 128 valence electrons. The van der Waals surface area contributed by atoms with Crippen LogP contribution in [0.5, 0.6) is 0 Å². The van der Waals surface area contributed by atoms with E-state index in [1.165, 1.54) is 0 Å². The van der Waals surface area contributed by atoms with Gasteiger partial charge in [-0.15, -0.1) is 12.4 Å². The highest BCUT2D eigenvalue weighted by atomic mass is 35.5. The van der Waals surface area contributed by atoms with Gasteiger partial charge in [-0.25, -0.2) is 0 Å². The highest BCUT2D eigenvalue weighted by Gasteiger charge is 2.28. The highest BCUT2D eigenvalue weighted by molar-refractivity contribution is 5.85. The molecule has 2 rings (SSSR count). The molecular weight excluding hydrogens is 302 g/mol. The van der Waals surface area contributed by atoms with Crippen molar-refractivity contribution in [1.29, 1.82) is 0 Å². The van der Waals surface area contributed by atoms with E-state index in [9.17, 15) is 9.59 Å². The Bertz CT molecular complexity index is 372. The number of likely N-dealkylation sites (tertiary alicyclic amines) is 1. The molecule has 1 saturated heterocycles. The van der Waals surface area contributed by atoms with Crippen LogP contribution in [-0.2, 0) is 9.59 Å². The van der Waals surface area contributed by atoms with Gasteiger partial charge in [0.05, 0.1) is 0 Å². The summed E-state index contributed by atoms with van der Waals surface area (Å²) >= 11 is 0. The second-order valence-electron chi connectivity index (χ2n) is 6.65. The first-order valence-corrected chi connectivity index (χ1v) is 8.33. The lowest BCUT2D eigenvalue weighted by Crippen LogP contribution is -2.40. The quantitative estimate of drug-likeness (QED) is 0.776. The molecule has 1 heterocycles. The highest BCUT2D eigenvalue weighted by Crippen LogP contribution is 2.25. The van der Waals surface area contributed by atoms with E-state index in [2.05, 4.69) is 10.6 Å². The fourth-order valence-corrected chi connectivity index (χ4v) is 3.51. The largest absolute Gasteiger partial charge is 0.353 e. The Kier molecular flexibility index (Phi) is 8.18. The Morgan fingerprint density at radius 1 is 1.23 bits per heavy atom. The fourth-order valence-electron chi connectivity index (χ4n) is 3.51. The number of halogens is 1. The zero-order valence-corrected chi connectivity index (χ0v) is 14.6. The molecule has 0 aromatic carbocycles. The maximum absolute atomic E-state index is 12.3. The summed E-state index contributed by atoms with van der Waals surface area (Å²) in [4.78, 5) is 26.3. The van der Waals surface area contributed by atoms with E-state index >= 15 is 0 Å². The molecule has 2 amide bonds. The summed E-state index contributed by atoms with van der Waals surface area (Å²) in [5.74, 6) is 1.06. The maximum atomic E-state index is 12.3. The summed E-state index contributed by atoms with van der Waals surface area (Å²) in [6, 6.07) is -0.0612. The van der Waals surface area contributed by atoms with Gasteiger partial charge in [-0.05, 0) is 45.7 Å². The second kappa shape index (κ2) is 9.36. The van der Waals surface area contributed by atoms with E-state index < -0.39 is 0 Å². The van der Waals surface area contributed by atoms with Gasteiger partial charge in [-0.2, -0.15) is 0 Å². The molecule has 2 aliphatic rings. The Hall–Kier alpha value is -0.810. The van der Waals surface area contributed by atoms with Crippen LogP contribution in [0.15, 0.2) is 0 Å². The minimum Gasteiger partial charge on any atom is -0.353 e. The molecule has 2 N–H and O–H groups in total. The Morgan fingerprint density at radius 2 is 1.91 bits per heavy atom. The molecule has 1 aliphatic carbocycles. The van der Waals surface area contributed by atoms with Crippen LogP contribution in [0.2, 0.25) is 0 Å². The van der Waals surface area contributed by atoms with Gasteiger partial charge in [-0.3, -0.25) is 9.59 Å². The maximum Gasteiger partial charge on any atom is 0.224 e. The van der Waals surface area contributed by atoms with Crippen molar-refractivity contribution < 1.29 is 9.59 Å². The van der Waals surface area contributed by atoms with Crippen LogP contribution in [0.25, 0.3) is 0 Å². The van der Waals surface area contributed by atoms with Gasteiger partial charge in [0.25, 0.3) is 0 Å². The van der Waals surface area contributed by atoms with E-state index in [0.29, 0.717) is 12.3 Å². The molecule has 0 spiro atoms. The first kappa shape index (κ1) is 19.2. The van der Waals surface area contributed by atoms with Crippen molar-refractivity contribution in [3.05, 3.63) is 0 Å². The molecule has 2 atom stereocenters. The van der Waals surface area contributed by atoms with Crippen LogP contribution in [0.4, 0.5) is 0 Å². The van der Waals surface area contributed by atoms with Crippen LogP contribution in [-0.4, -0.2) is 49.4 Å². The average Bonchev–Trinajstić information content (AvgIpc) is 3.10. The molecule has 0 radical (unpaired) electrons. The van der Waals surface area contributed by atoms with Crippen LogP contribution >= 0.6 is 12.4 Å². The molecule has 0 bridgehead atoms. The van der Waals surface area contributed by atoms with Crippen molar-refractivity contribution in [2.24, 2.45) is 11.8 Å². The number of rotatable bonds is 6. The lowest BCUT2D eigenvalue weighted by atomic mass is 10.1. The van der Waals surface area contributed by atoms with E-state index in [4.69, 9.17) is 0 Å². The lowest BCUT2D eigenvalue weighted by molar-refractivity contribution is -0.131. The Balaban J connectivity index is 0.00000242. The molecule has 6 heteroatoms. The lowest BCUT2D eigenvalue weighted by Gasteiger charge is -2.21. The smallest absolute Gasteiger partial charge is 0.224 e. The van der Waals surface area contributed by atoms with Crippen molar-refractivity contribution in [2.75, 3.05) is 26.7 Å². The zero-order valence-electron chi connectivity index (χ0n) is 13.8. The summed E-state index contributed by atoms with van der Waals surface area (Å²) in [5.41, 5.74) is 0. The monoisotopic (exact) mass is 331 g/mol. The van der Waals surface area contributed by atoms with Crippen LogP contribution in [0.3, 0.4) is 0 Å². The summed E-state index contributed by atoms with van der Waals surface area (Å²) in [6.07, 6.45) is 5.83. The van der Waals surface area contributed by atoms with Gasteiger partial charge in [-0.1, -0.05) is 12.8 Å². The van der Waals surface area contributed by atoms with Gasteiger partial charge in [0, 0.05) is 31.5 Å². The Morgan fingerprint density at radius 3 is 2.55 bits per heavy atom. The molecule has 22 heavy (non-hydrogen) atoms. The molecule has 0 aromatic heterocycles. The third kappa shape index (κ3) is 5.43.